The van der Waals surface area contributed by atoms with Gasteiger partial charge in [-0.2, -0.15) is 0 Å². The highest BCUT2D eigenvalue weighted by molar-refractivity contribution is 5.44. The molecule has 21 heavy (non-hydrogen) atoms. The number of nitrogens with two attached hydrogens (primary N) is 1. The number of benzene rings is 2. The monoisotopic (exact) mass is 291 g/mol. The van der Waals surface area contributed by atoms with E-state index in [0.29, 0.717) is 12.2 Å². The zero-order valence-electron chi connectivity index (χ0n) is 12.1. The van der Waals surface area contributed by atoms with E-state index in [2.05, 4.69) is 0 Å². The fourth-order valence-electron chi connectivity index (χ4n) is 2.28. The maximum absolute atomic E-state index is 12.7. The van der Waals surface area contributed by atoms with Crippen molar-refractivity contribution in [2.75, 3.05) is 0 Å². The van der Waals surface area contributed by atoms with Crippen molar-refractivity contribution < 1.29 is 13.5 Å². The number of alkyl halides is 2. The lowest BCUT2D eigenvalue weighted by molar-refractivity contribution is 0.116. The van der Waals surface area contributed by atoms with E-state index in [9.17, 15) is 8.78 Å². The number of ether oxygens (including phenoxy) is 1. The first-order chi connectivity index (χ1) is 9.99. The summed E-state index contributed by atoms with van der Waals surface area (Å²) in [6, 6.07) is 11.9. The molecule has 2 N–H and O–H groups in total. The lowest BCUT2D eigenvalue weighted by Crippen LogP contribution is -2.19. The highest BCUT2D eigenvalue weighted by atomic mass is 19.3. The molecule has 0 aliphatic rings. The van der Waals surface area contributed by atoms with E-state index in [0.717, 1.165) is 22.4 Å². The van der Waals surface area contributed by atoms with Crippen LogP contribution in [0, 0.1) is 13.8 Å². The molecular weight excluding hydrogens is 272 g/mol. The molecule has 0 amide bonds. The Morgan fingerprint density at radius 2 is 1.62 bits per heavy atom. The van der Waals surface area contributed by atoms with Crippen molar-refractivity contribution in [1.29, 1.82) is 0 Å². The zero-order valence-corrected chi connectivity index (χ0v) is 12.1. The molecule has 2 nitrogen and oxygen atoms in total. The second kappa shape index (κ2) is 6.68. The maximum atomic E-state index is 12.7. The third kappa shape index (κ3) is 3.79. The van der Waals surface area contributed by atoms with Gasteiger partial charge in [0.05, 0.1) is 6.04 Å². The van der Waals surface area contributed by atoms with E-state index in [1.165, 1.54) is 0 Å². The van der Waals surface area contributed by atoms with Crippen LogP contribution in [0.5, 0.6) is 5.75 Å². The average molecular weight is 291 g/mol. The Balaban J connectivity index is 2.17. The molecule has 0 heterocycles. The Morgan fingerprint density at radius 1 is 1.05 bits per heavy atom. The van der Waals surface area contributed by atoms with Gasteiger partial charge in [0.25, 0.3) is 6.43 Å². The SMILES string of the molecule is Cc1cc([C@@H](N)C(F)F)cc(C)c1OCc1ccccc1. The van der Waals surface area contributed by atoms with Crippen LogP contribution >= 0.6 is 0 Å². The number of aryl methyl sites for hydroxylation is 2. The van der Waals surface area contributed by atoms with Crippen LogP contribution in [0.1, 0.15) is 28.3 Å². The van der Waals surface area contributed by atoms with E-state index in [-0.39, 0.29) is 0 Å². The first-order valence-electron chi connectivity index (χ1n) is 6.80. The quantitative estimate of drug-likeness (QED) is 0.898. The van der Waals surface area contributed by atoms with Gasteiger partial charge in [-0.25, -0.2) is 8.78 Å². The smallest absolute Gasteiger partial charge is 0.257 e. The van der Waals surface area contributed by atoms with E-state index in [1.807, 2.05) is 44.2 Å². The summed E-state index contributed by atoms with van der Waals surface area (Å²) < 4.78 is 31.2. The molecule has 0 saturated carbocycles. The summed E-state index contributed by atoms with van der Waals surface area (Å²) in [7, 11) is 0. The molecule has 2 rings (SSSR count). The molecule has 0 unspecified atom stereocenters. The van der Waals surface area contributed by atoms with Crippen molar-refractivity contribution in [3.63, 3.8) is 0 Å². The van der Waals surface area contributed by atoms with Gasteiger partial charge in [-0.05, 0) is 36.1 Å². The first kappa shape index (κ1) is 15.4. The average Bonchev–Trinajstić information content (AvgIpc) is 2.46. The molecule has 0 radical (unpaired) electrons. The third-order valence-electron chi connectivity index (χ3n) is 3.37. The van der Waals surface area contributed by atoms with Gasteiger partial charge in [-0.15, -0.1) is 0 Å². The third-order valence-corrected chi connectivity index (χ3v) is 3.37. The Labute approximate surface area is 123 Å². The van der Waals surface area contributed by atoms with Gasteiger partial charge in [0.1, 0.15) is 12.4 Å². The largest absolute Gasteiger partial charge is 0.488 e. The van der Waals surface area contributed by atoms with Crippen LogP contribution in [-0.4, -0.2) is 6.43 Å². The summed E-state index contributed by atoms with van der Waals surface area (Å²) in [5.41, 5.74) is 8.63. The Morgan fingerprint density at radius 3 is 2.14 bits per heavy atom. The van der Waals surface area contributed by atoms with Crippen molar-refractivity contribution in [3.8, 4) is 5.75 Å². The Bertz CT molecular complexity index is 576. The summed E-state index contributed by atoms with van der Waals surface area (Å²) in [6.45, 7) is 4.13. The lowest BCUT2D eigenvalue weighted by atomic mass is 10.0. The minimum absolute atomic E-state index is 0.437. The highest BCUT2D eigenvalue weighted by Crippen LogP contribution is 2.29. The summed E-state index contributed by atoms with van der Waals surface area (Å²) in [6.07, 6.45) is -2.57. The van der Waals surface area contributed by atoms with Gasteiger partial charge in [0, 0.05) is 0 Å². The van der Waals surface area contributed by atoms with E-state index in [1.54, 1.807) is 12.1 Å². The first-order valence-corrected chi connectivity index (χ1v) is 6.80. The molecule has 0 aliphatic heterocycles. The van der Waals surface area contributed by atoms with Crippen LogP contribution in [0.3, 0.4) is 0 Å². The molecule has 0 bridgehead atoms. The van der Waals surface area contributed by atoms with Crippen LogP contribution in [0.4, 0.5) is 8.78 Å². The minimum Gasteiger partial charge on any atom is -0.488 e. The summed E-state index contributed by atoms with van der Waals surface area (Å²) in [5, 5.41) is 0. The van der Waals surface area contributed by atoms with Crippen LogP contribution in [-0.2, 0) is 6.61 Å². The molecule has 112 valence electrons. The van der Waals surface area contributed by atoms with Crippen molar-refractivity contribution in [1.82, 2.24) is 0 Å². The topological polar surface area (TPSA) is 35.2 Å². The second-order valence-electron chi connectivity index (χ2n) is 5.12. The summed E-state index contributed by atoms with van der Waals surface area (Å²) in [5.74, 6) is 0.726. The molecular formula is C17H19F2NO. The highest BCUT2D eigenvalue weighted by Gasteiger charge is 2.19. The van der Waals surface area contributed by atoms with Gasteiger partial charge in [0.15, 0.2) is 0 Å². The summed E-state index contributed by atoms with van der Waals surface area (Å²) in [4.78, 5) is 0. The predicted molar refractivity (Wildman–Crippen MR) is 79.6 cm³/mol. The minimum atomic E-state index is -2.57. The standard InChI is InChI=1S/C17H19F2NO/c1-11-8-14(15(20)17(18)19)9-12(2)16(11)21-10-13-6-4-3-5-7-13/h3-9,15,17H,10,20H2,1-2H3/t15-/m1/s1. The van der Waals surface area contributed by atoms with Crippen molar-refractivity contribution in [2.45, 2.75) is 32.9 Å². The molecule has 2 aromatic rings. The normalized spacial score (nSPS) is 12.5. The molecule has 4 heteroatoms. The number of halogens is 2. The second-order valence-corrected chi connectivity index (χ2v) is 5.12. The number of rotatable bonds is 5. The van der Waals surface area contributed by atoms with Gasteiger partial charge >= 0.3 is 0 Å². The predicted octanol–water partition coefficient (Wildman–Crippen LogP) is 4.15. The van der Waals surface area contributed by atoms with Gasteiger partial charge < -0.3 is 10.5 Å². The number of hydrogen-bond donors (Lipinski definition) is 1. The number of hydrogen-bond acceptors (Lipinski definition) is 2. The molecule has 0 saturated heterocycles. The molecule has 0 spiro atoms. The van der Waals surface area contributed by atoms with Crippen LogP contribution in [0.15, 0.2) is 42.5 Å². The molecule has 2 aromatic carbocycles. The van der Waals surface area contributed by atoms with E-state index < -0.39 is 12.5 Å². The molecule has 1 atom stereocenters. The fraction of sp³-hybridized carbons (Fsp3) is 0.294. The van der Waals surface area contributed by atoms with Crippen LogP contribution < -0.4 is 10.5 Å². The van der Waals surface area contributed by atoms with Crippen LogP contribution in [0.25, 0.3) is 0 Å². The lowest BCUT2D eigenvalue weighted by Gasteiger charge is -2.17. The van der Waals surface area contributed by atoms with E-state index in [4.69, 9.17) is 10.5 Å². The molecule has 0 aliphatic carbocycles. The Kier molecular flexibility index (Phi) is 4.91. The molecule has 0 aromatic heterocycles. The maximum Gasteiger partial charge on any atom is 0.257 e. The summed E-state index contributed by atoms with van der Waals surface area (Å²) >= 11 is 0. The van der Waals surface area contributed by atoms with Gasteiger partial charge in [0.2, 0.25) is 0 Å². The van der Waals surface area contributed by atoms with Gasteiger partial charge in [-0.3, -0.25) is 0 Å². The van der Waals surface area contributed by atoms with Gasteiger partial charge in [-0.1, -0.05) is 42.5 Å². The molecule has 0 fully saturated rings. The van der Waals surface area contributed by atoms with Crippen LogP contribution in [0.2, 0.25) is 0 Å². The van der Waals surface area contributed by atoms with Crippen molar-refractivity contribution in [2.24, 2.45) is 5.73 Å². The van der Waals surface area contributed by atoms with Crippen molar-refractivity contribution >= 4 is 0 Å². The zero-order chi connectivity index (χ0) is 15.4. The van der Waals surface area contributed by atoms with Crippen molar-refractivity contribution in [3.05, 3.63) is 64.7 Å². The fourth-order valence-corrected chi connectivity index (χ4v) is 2.28. The van der Waals surface area contributed by atoms with E-state index >= 15 is 0 Å². The Hall–Kier alpha value is -1.94.